The molecule has 0 aliphatic carbocycles. The summed E-state index contributed by atoms with van der Waals surface area (Å²) in [5, 5.41) is 4.82. The van der Waals surface area contributed by atoms with Crippen molar-refractivity contribution in [3.05, 3.63) is 77.0 Å². The molecule has 0 saturated carbocycles. The molecular weight excluding hydrogens is 360 g/mol. The number of amides is 1. The van der Waals surface area contributed by atoms with Gasteiger partial charge in [0.25, 0.3) is 5.91 Å². The van der Waals surface area contributed by atoms with E-state index in [4.69, 9.17) is 5.10 Å². The maximum Gasteiger partial charge on any atom is 0.253 e. The Balaban J connectivity index is 1.47. The molecule has 2 heterocycles. The number of hydrogen-bond donors (Lipinski definition) is 0. The van der Waals surface area contributed by atoms with Crippen molar-refractivity contribution in [1.82, 2.24) is 19.6 Å². The van der Waals surface area contributed by atoms with E-state index < -0.39 is 0 Å². The third-order valence-corrected chi connectivity index (χ3v) is 5.63. The molecule has 0 radical (unpaired) electrons. The first-order valence-electron chi connectivity index (χ1n) is 10.2. The van der Waals surface area contributed by atoms with Gasteiger partial charge in [0, 0.05) is 63.9 Å². The fraction of sp³-hybridized carbons (Fsp3) is 0.333. The largest absolute Gasteiger partial charge is 0.345 e. The molecule has 29 heavy (non-hydrogen) atoms. The maximum absolute atomic E-state index is 12.1. The van der Waals surface area contributed by atoms with Gasteiger partial charge in [-0.2, -0.15) is 5.10 Å². The second kappa shape index (κ2) is 8.21. The molecule has 1 aliphatic heterocycles. The summed E-state index contributed by atoms with van der Waals surface area (Å²) in [6.07, 6.45) is 1.97. The molecule has 1 aromatic heterocycles. The van der Waals surface area contributed by atoms with Crippen molar-refractivity contribution >= 4 is 5.91 Å². The number of nitrogens with zero attached hydrogens (tertiary/aromatic N) is 4. The van der Waals surface area contributed by atoms with Crippen molar-refractivity contribution in [2.45, 2.75) is 19.4 Å². The Kier molecular flexibility index (Phi) is 5.49. The van der Waals surface area contributed by atoms with E-state index in [0.29, 0.717) is 0 Å². The zero-order valence-electron chi connectivity index (χ0n) is 17.4. The number of benzene rings is 2. The topological polar surface area (TPSA) is 41.4 Å². The predicted octanol–water partition coefficient (Wildman–Crippen LogP) is 3.39. The molecule has 2 aromatic carbocycles. The molecule has 0 atom stereocenters. The van der Waals surface area contributed by atoms with Crippen LogP contribution in [0.5, 0.6) is 0 Å². The first-order valence-corrected chi connectivity index (χ1v) is 10.2. The second-order valence-corrected chi connectivity index (χ2v) is 7.94. The predicted molar refractivity (Wildman–Crippen MR) is 116 cm³/mol. The smallest absolute Gasteiger partial charge is 0.253 e. The summed E-state index contributed by atoms with van der Waals surface area (Å²) < 4.78 is 2.04. The number of aromatic nitrogens is 2. The van der Waals surface area contributed by atoms with Crippen LogP contribution >= 0.6 is 0 Å². The number of fused-ring (bicyclic) bond motifs is 1. The third-order valence-electron chi connectivity index (χ3n) is 5.63. The zero-order chi connectivity index (χ0) is 20.4. The summed E-state index contributed by atoms with van der Waals surface area (Å²) in [6.45, 7) is 2.90. The molecule has 1 aliphatic rings. The first kappa shape index (κ1) is 19.4. The summed E-state index contributed by atoms with van der Waals surface area (Å²) in [4.78, 5) is 16.2. The highest BCUT2D eigenvalue weighted by atomic mass is 16.2. The van der Waals surface area contributed by atoms with Crippen LogP contribution in [0.2, 0.25) is 0 Å². The quantitative estimate of drug-likeness (QED) is 0.688. The molecule has 1 amide bonds. The van der Waals surface area contributed by atoms with Gasteiger partial charge >= 0.3 is 0 Å². The Labute approximate surface area is 172 Å². The van der Waals surface area contributed by atoms with Crippen LogP contribution in [0.3, 0.4) is 0 Å². The van der Waals surface area contributed by atoms with E-state index in [9.17, 15) is 4.79 Å². The molecular formula is C24H28N4O. The van der Waals surface area contributed by atoms with E-state index in [2.05, 4.69) is 47.4 Å². The number of carbonyl (C=O) groups excluding carboxylic acids is 1. The van der Waals surface area contributed by atoms with Gasteiger partial charge in [0.15, 0.2) is 0 Å². The van der Waals surface area contributed by atoms with Crippen LogP contribution in [0.25, 0.3) is 11.3 Å². The molecule has 5 nitrogen and oxygen atoms in total. The van der Waals surface area contributed by atoms with Crippen LogP contribution in [-0.4, -0.2) is 52.7 Å². The molecule has 150 valence electrons. The van der Waals surface area contributed by atoms with Crippen molar-refractivity contribution < 1.29 is 4.79 Å². The van der Waals surface area contributed by atoms with E-state index in [1.54, 1.807) is 19.0 Å². The van der Waals surface area contributed by atoms with Gasteiger partial charge in [0.05, 0.1) is 11.4 Å². The monoisotopic (exact) mass is 388 g/mol. The summed E-state index contributed by atoms with van der Waals surface area (Å²) in [7, 11) is 5.61. The van der Waals surface area contributed by atoms with Crippen molar-refractivity contribution in [3.8, 4) is 11.3 Å². The maximum atomic E-state index is 12.1. The standard InChI is InChI=1S/C24H28N4O/c1-26(2)24(29)20-11-9-18(10-12-20)17-28-15-13-21-22(14-16-28)25-27(3)23(21)19-7-5-4-6-8-19/h4-12H,13-17H2,1-3H3. The first-order chi connectivity index (χ1) is 14.0. The fourth-order valence-corrected chi connectivity index (χ4v) is 4.12. The number of carbonyl (C=O) groups is 1. The number of rotatable bonds is 4. The second-order valence-electron chi connectivity index (χ2n) is 7.94. The zero-order valence-corrected chi connectivity index (χ0v) is 17.4. The Morgan fingerprint density at radius 2 is 1.69 bits per heavy atom. The van der Waals surface area contributed by atoms with Crippen LogP contribution in [-0.2, 0) is 26.4 Å². The molecule has 0 spiro atoms. The van der Waals surface area contributed by atoms with E-state index in [0.717, 1.165) is 38.0 Å². The Bertz CT molecular complexity index is 990. The van der Waals surface area contributed by atoms with Crippen molar-refractivity contribution in [2.24, 2.45) is 7.05 Å². The summed E-state index contributed by atoms with van der Waals surface area (Å²) in [5.74, 6) is 0.0432. The fourth-order valence-electron chi connectivity index (χ4n) is 4.12. The average molecular weight is 389 g/mol. The molecule has 0 bridgehead atoms. The average Bonchev–Trinajstić information content (AvgIpc) is 2.93. The van der Waals surface area contributed by atoms with E-state index in [1.165, 1.54) is 28.1 Å². The lowest BCUT2D eigenvalue weighted by atomic mass is 10.0. The Hall–Kier alpha value is -2.92. The van der Waals surface area contributed by atoms with Crippen LogP contribution in [0.4, 0.5) is 0 Å². The van der Waals surface area contributed by atoms with Crippen LogP contribution in [0.15, 0.2) is 54.6 Å². The molecule has 0 fully saturated rings. The molecule has 0 saturated heterocycles. The summed E-state index contributed by atoms with van der Waals surface area (Å²) in [6, 6.07) is 18.6. The van der Waals surface area contributed by atoms with Gasteiger partial charge in [0.1, 0.15) is 0 Å². The molecule has 0 unspecified atom stereocenters. The van der Waals surface area contributed by atoms with Crippen molar-refractivity contribution in [2.75, 3.05) is 27.2 Å². The summed E-state index contributed by atoms with van der Waals surface area (Å²) in [5.41, 5.74) is 7.06. The van der Waals surface area contributed by atoms with Gasteiger partial charge in [-0.25, -0.2) is 0 Å². The van der Waals surface area contributed by atoms with Gasteiger partial charge in [-0.1, -0.05) is 42.5 Å². The highest BCUT2D eigenvalue weighted by Crippen LogP contribution is 2.28. The van der Waals surface area contributed by atoms with Gasteiger partial charge in [-0.05, 0) is 24.1 Å². The van der Waals surface area contributed by atoms with Crippen LogP contribution in [0.1, 0.15) is 27.2 Å². The minimum absolute atomic E-state index is 0.0432. The van der Waals surface area contributed by atoms with Gasteiger partial charge in [-0.15, -0.1) is 0 Å². The lowest BCUT2D eigenvalue weighted by Gasteiger charge is -2.20. The third kappa shape index (κ3) is 4.10. The molecule has 5 heteroatoms. The molecule has 3 aromatic rings. The van der Waals surface area contributed by atoms with E-state index >= 15 is 0 Å². The van der Waals surface area contributed by atoms with Crippen LogP contribution in [0, 0.1) is 0 Å². The van der Waals surface area contributed by atoms with Gasteiger partial charge in [-0.3, -0.25) is 14.4 Å². The minimum Gasteiger partial charge on any atom is -0.345 e. The Morgan fingerprint density at radius 1 is 1.00 bits per heavy atom. The number of hydrogen-bond acceptors (Lipinski definition) is 3. The SMILES string of the molecule is CN(C)C(=O)c1ccc(CN2CCc3nn(C)c(-c4ccccc4)c3CC2)cc1. The van der Waals surface area contributed by atoms with Gasteiger partial charge < -0.3 is 4.90 Å². The lowest BCUT2D eigenvalue weighted by molar-refractivity contribution is 0.0827. The summed E-state index contributed by atoms with van der Waals surface area (Å²) >= 11 is 0. The van der Waals surface area contributed by atoms with E-state index in [-0.39, 0.29) is 5.91 Å². The van der Waals surface area contributed by atoms with Crippen molar-refractivity contribution in [1.29, 1.82) is 0 Å². The van der Waals surface area contributed by atoms with Crippen molar-refractivity contribution in [3.63, 3.8) is 0 Å². The normalized spacial score (nSPS) is 14.3. The number of aryl methyl sites for hydroxylation is 1. The molecule has 0 N–H and O–H groups in total. The highest BCUT2D eigenvalue weighted by Gasteiger charge is 2.22. The van der Waals surface area contributed by atoms with Gasteiger partial charge in [0.2, 0.25) is 0 Å². The highest BCUT2D eigenvalue weighted by molar-refractivity contribution is 5.93. The Morgan fingerprint density at radius 3 is 2.38 bits per heavy atom. The lowest BCUT2D eigenvalue weighted by Crippen LogP contribution is -2.26. The minimum atomic E-state index is 0.0432. The van der Waals surface area contributed by atoms with E-state index in [1.807, 2.05) is 23.9 Å². The van der Waals surface area contributed by atoms with Crippen LogP contribution < -0.4 is 0 Å². The molecule has 4 rings (SSSR count).